The van der Waals surface area contributed by atoms with Gasteiger partial charge >= 0.3 is 17.9 Å². The SMILES string of the molecule is CCC/C=C/CCCCCCCCCCCCCCCCC[N+](C(C)C(=O)O)(C(C)C(=O)O)C(C)C(=O)O. The molecule has 7 heteroatoms. The van der Waals surface area contributed by atoms with Gasteiger partial charge in [0.15, 0.2) is 18.1 Å². The Morgan fingerprint density at radius 2 is 0.816 bits per heavy atom. The Bertz CT molecular complexity index is 627. The molecule has 0 heterocycles. The Kier molecular flexibility index (Phi) is 20.9. The predicted molar refractivity (Wildman–Crippen MR) is 154 cm³/mol. The van der Waals surface area contributed by atoms with Crippen molar-refractivity contribution in [3.63, 3.8) is 0 Å². The summed E-state index contributed by atoms with van der Waals surface area (Å²) < 4.78 is -0.476. The minimum absolute atomic E-state index is 0.227. The highest BCUT2D eigenvalue weighted by atomic mass is 16.4. The topological polar surface area (TPSA) is 112 Å². The second kappa shape index (κ2) is 22.0. The molecule has 0 radical (unpaired) electrons. The van der Waals surface area contributed by atoms with E-state index in [2.05, 4.69) is 19.1 Å². The third-order valence-electron chi connectivity index (χ3n) is 8.27. The summed E-state index contributed by atoms with van der Waals surface area (Å²) in [4.78, 5) is 35.4. The van der Waals surface area contributed by atoms with E-state index >= 15 is 0 Å². The molecule has 0 saturated heterocycles. The van der Waals surface area contributed by atoms with Gasteiger partial charge in [0, 0.05) is 0 Å². The van der Waals surface area contributed by atoms with Gasteiger partial charge in [0.2, 0.25) is 0 Å². The normalized spacial score (nSPS) is 15.7. The Morgan fingerprint density at radius 1 is 0.526 bits per heavy atom. The first-order valence-electron chi connectivity index (χ1n) is 15.3. The lowest BCUT2D eigenvalue weighted by atomic mass is 9.99. The van der Waals surface area contributed by atoms with Gasteiger partial charge in [0.25, 0.3) is 0 Å². The van der Waals surface area contributed by atoms with E-state index in [9.17, 15) is 29.7 Å². The first kappa shape index (κ1) is 36.1. The molecule has 0 spiro atoms. The Balaban J connectivity index is 4.06. The molecule has 3 unspecified atom stereocenters. The van der Waals surface area contributed by atoms with Gasteiger partial charge < -0.3 is 15.3 Å². The van der Waals surface area contributed by atoms with Gasteiger partial charge in [-0.05, 0) is 52.9 Å². The quantitative estimate of drug-likeness (QED) is 0.0586. The monoisotopic (exact) mass is 540 g/mol. The zero-order chi connectivity index (χ0) is 28.8. The molecule has 0 saturated carbocycles. The van der Waals surface area contributed by atoms with Crippen molar-refractivity contribution < 1.29 is 34.2 Å². The van der Waals surface area contributed by atoms with Crippen molar-refractivity contribution in [2.45, 2.75) is 161 Å². The Morgan fingerprint density at radius 3 is 1.13 bits per heavy atom. The maximum absolute atomic E-state index is 11.8. The second-order valence-electron chi connectivity index (χ2n) is 11.1. The number of rotatable bonds is 26. The third-order valence-corrected chi connectivity index (χ3v) is 8.27. The average Bonchev–Trinajstić information content (AvgIpc) is 2.88. The zero-order valence-electron chi connectivity index (χ0n) is 24.8. The summed E-state index contributed by atoms with van der Waals surface area (Å²) in [6.45, 7) is 6.72. The summed E-state index contributed by atoms with van der Waals surface area (Å²) in [5.74, 6) is -3.51. The van der Waals surface area contributed by atoms with E-state index in [1.807, 2.05) is 0 Å². The molecule has 0 fully saturated rings. The van der Waals surface area contributed by atoms with Crippen LogP contribution in [0.3, 0.4) is 0 Å². The van der Waals surface area contributed by atoms with Crippen molar-refractivity contribution in [1.29, 1.82) is 0 Å². The molecular weight excluding hydrogens is 482 g/mol. The Hall–Kier alpha value is -1.89. The summed E-state index contributed by atoms with van der Waals surface area (Å²) in [7, 11) is 0. The van der Waals surface area contributed by atoms with Crippen molar-refractivity contribution in [3.8, 4) is 0 Å². The number of allylic oxidation sites excluding steroid dienone is 2. The van der Waals surface area contributed by atoms with Gasteiger partial charge in [0.05, 0.1) is 6.54 Å². The molecule has 0 aliphatic rings. The molecule has 38 heavy (non-hydrogen) atoms. The molecule has 0 aromatic carbocycles. The first-order chi connectivity index (χ1) is 18.1. The lowest BCUT2D eigenvalue weighted by Gasteiger charge is -2.47. The highest BCUT2D eigenvalue weighted by molar-refractivity contribution is 5.77. The smallest absolute Gasteiger partial charge is 0.362 e. The highest BCUT2D eigenvalue weighted by Crippen LogP contribution is 2.27. The fourth-order valence-electron chi connectivity index (χ4n) is 5.55. The fraction of sp³-hybridized carbons (Fsp3) is 0.839. The number of hydrogen-bond acceptors (Lipinski definition) is 3. The van der Waals surface area contributed by atoms with Gasteiger partial charge in [-0.2, -0.15) is 0 Å². The van der Waals surface area contributed by atoms with Crippen LogP contribution in [0.15, 0.2) is 12.2 Å². The van der Waals surface area contributed by atoms with Crippen LogP contribution in [-0.2, 0) is 14.4 Å². The number of unbranched alkanes of at least 4 members (excludes halogenated alkanes) is 16. The van der Waals surface area contributed by atoms with Gasteiger partial charge in [0.1, 0.15) is 0 Å². The standard InChI is InChI=1S/C31H57NO6/c1-5-6-7-8-9-10-11-12-13-14-15-16-17-18-19-20-21-22-23-24-25-32(26(2)29(33)34,27(3)30(35)36)28(4)31(37)38/h7-8,26-28H,5-6,9-25H2,1-4H3,(H2-,33,34,35,36,37,38)/p+1/b8-7+. The maximum atomic E-state index is 11.8. The number of carboxylic acid groups (broad SMARTS) is 3. The number of aliphatic carboxylic acids is 3. The maximum Gasteiger partial charge on any atom is 0.362 e. The number of quaternary nitrogens is 1. The van der Waals surface area contributed by atoms with Crippen LogP contribution in [0, 0.1) is 0 Å². The lowest BCUT2D eigenvalue weighted by Crippen LogP contribution is -2.70. The molecule has 0 bridgehead atoms. The van der Waals surface area contributed by atoms with Gasteiger partial charge in [-0.3, -0.25) is 4.48 Å². The van der Waals surface area contributed by atoms with Gasteiger partial charge in [-0.25, -0.2) is 14.4 Å². The molecule has 0 aliphatic carbocycles. The van der Waals surface area contributed by atoms with Crippen molar-refractivity contribution in [2.75, 3.05) is 6.54 Å². The molecular formula is C31H58NO6+. The number of nitrogens with zero attached hydrogens (tertiary/aromatic N) is 1. The molecule has 7 nitrogen and oxygen atoms in total. The molecule has 0 aromatic rings. The molecule has 3 N–H and O–H groups in total. The third kappa shape index (κ3) is 14.3. The predicted octanol–water partition coefficient (Wildman–Crippen LogP) is 7.82. The zero-order valence-corrected chi connectivity index (χ0v) is 24.8. The van der Waals surface area contributed by atoms with E-state index in [1.165, 1.54) is 111 Å². The Labute approximate surface area is 232 Å². The number of carbonyl (C=O) groups is 3. The minimum atomic E-state index is -1.17. The van der Waals surface area contributed by atoms with Crippen molar-refractivity contribution in [3.05, 3.63) is 12.2 Å². The molecule has 3 atom stereocenters. The fourth-order valence-corrected chi connectivity index (χ4v) is 5.55. The molecule has 0 rings (SSSR count). The van der Waals surface area contributed by atoms with Gasteiger partial charge in [-0.15, -0.1) is 0 Å². The van der Waals surface area contributed by atoms with Crippen molar-refractivity contribution in [1.82, 2.24) is 0 Å². The first-order valence-corrected chi connectivity index (χ1v) is 15.3. The van der Waals surface area contributed by atoms with Crippen LogP contribution in [0.1, 0.15) is 143 Å². The lowest BCUT2D eigenvalue weighted by molar-refractivity contribution is -0.968. The van der Waals surface area contributed by atoms with E-state index in [0.717, 1.165) is 19.3 Å². The molecule has 222 valence electrons. The van der Waals surface area contributed by atoms with Crippen molar-refractivity contribution >= 4 is 17.9 Å². The van der Waals surface area contributed by atoms with Gasteiger partial charge in [-0.1, -0.05) is 103 Å². The molecule has 0 amide bonds. The minimum Gasteiger partial charge on any atom is -0.477 e. The van der Waals surface area contributed by atoms with Crippen LogP contribution in [0.2, 0.25) is 0 Å². The average molecular weight is 541 g/mol. The number of carboxylic acids is 3. The van der Waals surface area contributed by atoms with Crippen LogP contribution in [-0.4, -0.2) is 62.4 Å². The number of hydrogen-bond donors (Lipinski definition) is 3. The van der Waals surface area contributed by atoms with Crippen LogP contribution in [0.25, 0.3) is 0 Å². The summed E-state index contributed by atoms with van der Waals surface area (Å²) in [5, 5.41) is 28.9. The summed E-state index contributed by atoms with van der Waals surface area (Å²) in [5.41, 5.74) is 0. The van der Waals surface area contributed by atoms with E-state index in [1.54, 1.807) is 0 Å². The molecule has 0 aromatic heterocycles. The summed E-state index contributed by atoms with van der Waals surface area (Å²) >= 11 is 0. The summed E-state index contributed by atoms with van der Waals surface area (Å²) in [6, 6.07) is -3.36. The van der Waals surface area contributed by atoms with Crippen molar-refractivity contribution in [2.24, 2.45) is 0 Å². The highest BCUT2D eigenvalue weighted by Gasteiger charge is 2.52. The van der Waals surface area contributed by atoms with E-state index in [4.69, 9.17) is 0 Å². The van der Waals surface area contributed by atoms with E-state index in [0.29, 0.717) is 6.42 Å². The second-order valence-corrected chi connectivity index (χ2v) is 11.1. The summed E-state index contributed by atoms with van der Waals surface area (Å²) in [6.07, 6.45) is 26.3. The largest absolute Gasteiger partial charge is 0.477 e. The molecule has 0 aliphatic heterocycles. The van der Waals surface area contributed by atoms with Crippen LogP contribution in [0.4, 0.5) is 0 Å². The van der Waals surface area contributed by atoms with Crippen LogP contribution in [0.5, 0.6) is 0 Å². The van der Waals surface area contributed by atoms with E-state index in [-0.39, 0.29) is 6.54 Å². The van der Waals surface area contributed by atoms with E-state index < -0.39 is 40.5 Å². The van der Waals surface area contributed by atoms with Crippen LogP contribution < -0.4 is 0 Å². The van der Waals surface area contributed by atoms with Crippen LogP contribution >= 0.6 is 0 Å².